The van der Waals surface area contributed by atoms with E-state index in [9.17, 15) is 0 Å². The van der Waals surface area contributed by atoms with Crippen molar-refractivity contribution in [1.82, 2.24) is 0 Å². The fourth-order valence-electron chi connectivity index (χ4n) is 6.32. The smallest absolute Gasteiger partial charge is 1.00 e. The quantitative estimate of drug-likeness (QED) is 0.148. The van der Waals surface area contributed by atoms with Gasteiger partial charge < -0.3 is 24.8 Å². The molecular weight excluding hydrogens is 916 g/mol. The Kier molecular flexibility index (Phi) is 20.3. The van der Waals surface area contributed by atoms with Crippen LogP contribution in [-0.2, 0) is 52.4 Å². The first-order chi connectivity index (χ1) is 25.6. The number of hydrogen-bond donors (Lipinski definition) is 0. The molecule has 0 bridgehead atoms. The van der Waals surface area contributed by atoms with Crippen LogP contribution >= 0.6 is 17.2 Å². The van der Waals surface area contributed by atoms with E-state index in [0.717, 1.165) is 17.2 Å². The Balaban J connectivity index is 0.000000203. The van der Waals surface area contributed by atoms with Gasteiger partial charge in [-0.05, 0) is 35.6 Å². The molecule has 0 aliphatic rings. The Labute approximate surface area is 386 Å². The average molecular weight is 958 g/mol. The maximum atomic E-state index is 2.31. The maximum Gasteiger partial charge on any atom is 2.00 e. The summed E-state index contributed by atoms with van der Waals surface area (Å²) in [6.07, 6.45) is 0. The first-order valence-corrected chi connectivity index (χ1v) is 19.8. The van der Waals surface area contributed by atoms with E-state index in [2.05, 4.69) is 220 Å². The molecule has 0 saturated carbocycles. The SMILES string of the molecule is Cc1ccccc1Pc1cc2ccccc2[cH-]1.Cc1ccccc1Pc1cc2ccccc2[cH-]1.[Cl-].[Cl-].[Zr+2].[Zr+2].c1ccc2[cH-]ccc2c1.c1ccc2[cH-]ccc2c1. The Bertz CT molecular complexity index is 2340. The molecule has 276 valence electrons. The molecule has 0 aliphatic carbocycles. The molecule has 10 rings (SSSR count). The van der Waals surface area contributed by atoms with Crippen molar-refractivity contribution in [2.75, 3.05) is 0 Å². The third-order valence-electron chi connectivity index (χ3n) is 9.18. The van der Waals surface area contributed by atoms with Crippen molar-refractivity contribution >= 4 is 81.5 Å². The summed E-state index contributed by atoms with van der Waals surface area (Å²) in [5.74, 6) is 0. The molecule has 10 aromatic rings. The van der Waals surface area contributed by atoms with Crippen LogP contribution in [0, 0.1) is 13.8 Å². The topological polar surface area (TPSA) is 0 Å². The van der Waals surface area contributed by atoms with Crippen LogP contribution in [0.3, 0.4) is 0 Å². The largest absolute Gasteiger partial charge is 2.00 e. The molecule has 2 unspecified atom stereocenters. The summed E-state index contributed by atoms with van der Waals surface area (Å²) in [5, 5.41) is 16.5. The van der Waals surface area contributed by atoms with Gasteiger partial charge in [0.2, 0.25) is 0 Å². The van der Waals surface area contributed by atoms with E-state index in [1.807, 2.05) is 0 Å². The van der Waals surface area contributed by atoms with Crippen LogP contribution in [0.25, 0.3) is 43.1 Å². The van der Waals surface area contributed by atoms with Gasteiger partial charge in [-0.15, -0.1) is 140 Å². The minimum atomic E-state index is 0. The summed E-state index contributed by atoms with van der Waals surface area (Å²) in [7, 11) is 1.52. The van der Waals surface area contributed by atoms with Crippen LogP contribution in [0.4, 0.5) is 0 Å². The Morgan fingerprint density at radius 3 is 1.04 bits per heavy atom. The van der Waals surface area contributed by atoms with Gasteiger partial charge in [0.15, 0.2) is 0 Å². The molecule has 2 atom stereocenters. The Hall–Kier alpha value is -3.03. The van der Waals surface area contributed by atoms with Crippen LogP contribution in [0.2, 0.25) is 0 Å². The number of benzene rings is 6. The van der Waals surface area contributed by atoms with Crippen LogP contribution in [-0.4, -0.2) is 0 Å². The zero-order chi connectivity index (χ0) is 35.5. The predicted molar refractivity (Wildman–Crippen MR) is 236 cm³/mol. The zero-order valence-electron chi connectivity index (χ0n) is 31.4. The molecule has 0 radical (unpaired) electrons. The van der Waals surface area contributed by atoms with Gasteiger partial charge >= 0.3 is 52.4 Å². The number of fused-ring (bicyclic) bond motifs is 4. The molecule has 6 heteroatoms. The molecule has 0 amide bonds. The van der Waals surface area contributed by atoms with Crippen LogP contribution < -0.4 is 46.0 Å². The first-order valence-electron chi connectivity index (χ1n) is 17.8. The summed E-state index contributed by atoms with van der Waals surface area (Å²) >= 11 is 0. The van der Waals surface area contributed by atoms with Gasteiger partial charge in [-0.2, -0.15) is 47.2 Å². The van der Waals surface area contributed by atoms with Gasteiger partial charge in [0.1, 0.15) is 0 Å². The second kappa shape index (κ2) is 24.0. The van der Waals surface area contributed by atoms with E-state index in [4.69, 9.17) is 0 Å². The normalized spacial score (nSPS) is 10.3. The van der Waals surface area contributed by atoms with E-state index in [1.165, 1.54) is 75.4 Å². The van der Waals surface area contributed by atoms with Gasteiger partial charge in [-0.3, -0.25) is 0 Å². The number of hydrogen-bond acceptors (Lipinski definition) is 0. The summed E-state index contributed by atoms with van der Waals surface area (Å²) in [4.78, 5) is 0. The molecule has 0 N–H and O–H groups in total. The standard InChI is InChI=1S/2C16H14P.2C9H7.2ClH.2Zr/c2*1-12-6-2-5-9-16(12)17-15-10-13-7-3-4-8-14(13)11-15;2*1-2-5-9-7-3-6-8(9)4-1;;;;/h2*2-11,17H,1H3;2*1-7H;2*1H;;/q4*-1;;;2*+2/p-2. The molecule has 0 heterocycles. The van der Waals surface area contributed by atoms with E-state index < -0.39 is 0 Å². The molecule has 56 heavy (non-hydrogen) atoms. The van der Waals surface area contributed by atoms with E-state index in [0.29, 0.717) is 0 Å². The van der Waals surface area contributed by atoms with Gasteiger partial charge in [0, 0.05) is 0 Å². The molecule has 0 aliphatic heterocycles. The number of aryl methyl sites for hydroxylation is 2. The molecule has 10 aromatic carbocycles. The minimum Gasteiger partial charge on any atom is -1.00 e. The van der Waals surface area contributed by atoms with E-state index in [1.54, 1.807) is 0 Å². The monoisotopic (exact) mass is 954 g/mol. The van der Waals surface area contributed by atoms with Crippen molar-refractivity contribution < 1.29 is 77.2 Å². The third kappa shape index (κ3) is 13.0. The van der Waals surface area contributed by atoms with Gasteiger partial charge in [0.05, 0.1) is 0 Å². The molecule has 0 saturated heterocycles. The maximum absolute atomic E-state index is 2.31. The molecule has 0 aromatic heterocycles. The summed E-state index contributed by atoms with van der Waals surface area (Å²) in [5.41, 5.74) is 2.77. The first kappa shape index (κ1) is 47.3. The molecule has 0 nitrogen and oxygen atoms in total. The van der Waals surface area contributed by atoms with Gasteiger partial charge in [-0.1, -0.05) is 90.0 Å². The fourth-order valence-corrected chi connectivity index (χ4v) is 8.78. The van der Waals surface area contributed by atoms with Gasteiger partial charge in [0.25, 0.3) is 0 Å². The minimum absolute atomic E-state index is 0. The van der Waals surface area contributed by atoms with Gasteiger partial charge in [-0.25, -0.2) is 0 Å². The van der Waals surface area contributed by atoms with Crippen LogP contribution in [0.15, 0.2) is 206 Å². The third-order valence-corrected chi connectivity index (χ3v) is 12.0. The zero-order valence-corrected chi connectivity index (χ0v) is 39.8. The van der Waals surface area contributed by atoms with Crippen molar-refractivity contribution in [3.63, 3.8) is 0 Å². The Morgan fingerprint density at radius 1 is 0.357 bits per heavy atom. The van der Waals surface area contributed by atoms with Crippen LogP contribution in [0.1, 0.15) is 11.1 Å². The fraction of sp³-hybridized carbons (Fsp3) is 0.0400. The van der Waals surface area contributed by atoms with Crippen molar-refractivity contribution in [1.29, 1.82) is 0 Å². The average Bonchev–Trinajstić information content (AvgIpc) is 4.00. The summed E-state index contributed by atoms with van der Waals surface area (Å²) in [6.45, 7) is 4.37. The summed E-state index contributed by atoms with van der Waals surface area (Å²) in [6, 6.07) is 73.0. The number of halogens is 2. The van der Waals surface area contributed by atoms with Crippen LogP contribution in [0.5, 0.6) is 0 Å². The molecule has 0 fully saturated rings. The van der Waals surface area contributed by atoms with Crippen molar-refractivity contribution in [2.24, 2.45) is 0 Å². The van der Waals surface area contributed by atoms with Crippen molar-refractivity contribution in [2.45, 2.75) is 13.8 Å². The van der Waals surface area contributed by atoms with Crippen molar-refractivity contribution in [3.8, 4) is 0 Å². The number of rotatable bonds is 4. The van der Waals surface area contributed by atoms with Crippen molar-refractivity contribution in [3.05, 3.63) is 217 Å². The molecule has 0 spiro atoms. The second-order valence-corrected chi connectivity index (χ2v) is 15.7. The van der Waals surface area contributed by atoms with E-state index in [-0.39, 0.29) is 77.2 Å². The second-order valence-electron chi connectivity index (χ2n) is 12.9. The molecular formula is C50H42Cl2P2Zr2-2. The Morgan fingerprint density at radius 2 is 0.679 bits per heavy atom. The summed E-state index contributed by atoms with van der Waals surface area (Å²) < 4.78 is 0. The predicted octanol–water partition coefficient (Wildman–Crippen LogP) is 6.11. The van der Waals surface area contributed by atoms with E-state index >= 15 is 0 Å².